The molecule has 1 heterocycles. The zero-order valence-electron chi connectivity index (χ0n) is 8.04. The van der Waals surface area contributed by atoms with Crippen molar-refractivity contribution in [2.24, 2.45) is 0 Å². The summed E-state index contributed by atoms with van der Waals surface area (Å²) >= 11 is 3.21. The van der Waals surface area contributed by atoms with Crippen LogP contribution < -0.4 is 0 Å². The number of nitrogens with one attached hydrogen (secondary N) is 1. The van der Waals surface area contributed by atoms with E-state index in [2.05, 4.69) is 25.9 Å². The van der Waals surface area contributed by atoms with Gasteiger partial charge in [-0.05, 0) is 30.0 Å². The largest absolute Gasteiger partial charge is 0.475 e. The Morgan fingerprint density at radius 2 is 2.29 bits per heavy atom. The highest BCUT2D eigenvalue weighted by Gasteiger charge is 2.12. The van der Waals surface area contributed by atoms with Crippen LogP contribution in [0.1, 0.15) is 16.3 Å². The van der Waals surface area contributed by atoms with E-state index in [9.17, 15) is 4.79 Å². The number of hydrogen-bond donors (Lipinski definition) is 2. The lowest BCUT2D eigenvalue weighted by Crippen LogP contribution is -2.15. The van der Waals surface area contributed by atoms with Gasteiger partial charge in [0.1, 0.15) is 4.60 Å². The highest BCUT2D eigenvalue weighted by molar-refractivity contribution is 9.10. The maximum atomic E-state index is 10.6. The quantitative estimate of drug-likeness (QED) is 0.848. The zero-order valence-corrected chi connectivity index (χ0v) is 9.63. The van der Waals surface area contributed by atoms with Crippen LogP contribution in [0, 0.1) is 0 Å². The number of halogens is 1. The van der Waals surface area contributed by atoms with Crippen LogP contribution in [-0.2, 0) is 6.42 Å². The molecule has 2 N–H and O–H groups in total. The maximum absolute atomic E-state index is 10.6. The molecule has 14 heavy (non-hydrogen) atoms. The summed E-state index contributed by atoms with van der Waals surface area (Å²) < 4.78 is 0.580. The van der Waals surface area contributed by atoms with Gasteiger partial charge in [0.25, 0.3) is 0 Å². The Kier molecular flexibility index (Phi) is 3.65. The van der Waals surface area contributed by atoms with Crippen LogP contribution in [-0.4, -0.2) is 46.6 Å². The number of aromatic carboxylic acids is 1. The SMILES string of the molecule is CN(C)CCc1[nH]c(C(=O)O)nc1Br. The number of nitrogens with zero attached hydrogens (tertiary/aromatic N) is 2. The van der Waals surface area contributed by atoms with Gasteiger partial charge >= 0.3 is 5.97 Å². The number of rotatable bonds is 4. The molecule has 0 aliphatic rings. The molecule has 0 spiro atoms. The predicted octanol–water partition coefficient (Wildman–Crippen LogP) is 0.974. The molecule has 0 atom stereocenters. The number of aromatic nitrogens is 2. The van der Waals surface area contributed by atoms with Crippen molar-refractivity contribution >= 4 is 21.9 Å². The van der Waals surface area contributed by atoms with Gasteiger partial charge in [-0.15, -0.1) is 0 Å². The normalized spacial score (nSPS) is 10.9. The summed E-state index contributed by atoms with van der Waals surface area (Å²) in [5.41, 5.74) is 0.816. The Morgan fingerprint density at radius 1 is 1.64 bits per heavy atom. The summed E-state index contributed by atoms with van der Waals surface area (Å²) in [6.45, 7) is 0.847. The fraction of sp³-hybridized carbons (Fsp3) is 0.500. The number of carboxylic acid groups (broad SMARTS) is 1. The monoisotopic (exact) mass is 261 g/mol. The van der Waals surface area contributed by atoms with Crippen molar-refractivity contribution in [1.82, 2.24) is 14.9 Å². The lowest BCUT2D eigenvalue weighted by molar-refractivity contribution is 0.0684. The Bertz CT molecular complexity index is 335. The first-order valence-electron chi connectivity index (χ1n) is 4.13. The van der Waals surface area contributed by atoms with Gasteiger partial charge in [-0.3, -0.25) is 0 Å². The summed E-state index contributed by atoms with van der Waals surface area (Å²) in [4.78, 5) is 19.2. The number of aromatic amines is 1. The Hall–Kier alpha value is -0.880. The summed E-state index contributed by atoms with van der Waals surface area (Å²) in [6, 6.07) is 0. The van der Waals surface area contributed by atoms with Gasteiger partial charge in [0.2, 0.25) is 5.82 Å². The molecular formula is C8H12BrN3O2. The van der Waals surface area contributed by atoms with Crippen molar-refractivity contribution < 1.29 is 9.90 Å². The highest BCUT2D eigenvalue weighted by atomic mass is 79.9. The molecule has 0 aromatic carbocycles. The van der Waals surface area contributed by atoms with Gasteiger partial charge in [0.05, 0.1) is 5.69 Å². The number of carbonyl (C=O) groups is 1. The molecule has 0 fully saturated rings. The smallest absolute Gasteiger partial charge is 0.371 e. The van der Waals surface area contributed by atoms with Crippen molar-refractivity contribution in [2.75, 3.05) is 20.6 Å². The summed E-state index contributed by atoms with van der Waals surface area (Å²) in [7, 11) is 3.92. The molecule has 1 aromatic rings. The number of H-pyrrole nitrogens is 1. The molecule has 0 radical (unpaired) electrons. The van der Waals surface area contributed by atoms with Gasteiger partial charge in [0, 0.05) is 13.0 Å². The minimum absolute atomic E-state index is 0.0226. The van der Waals surface area contributed by atoms with E-state index in [0.717, 1.165) is 18.7 Å². The third kappa shape index (κ3) is 2.81. The fourth-order valence-electron chi connectivity index (χ4n) is 0.990. The molecule has 0 amide bonds. The van der Waals surface area contributed by atoms with Crippen LogP contribution in [0.2, 0.25) is 0 Å². The summed E-state index contributed by atoms with van der Waals surface area (Å²) in [5, 5.41) is 8.68. The fourth-order valence-corrected chi connectivity index (χ4v) is 1.47. The number of likely N-dealkylation sites (N-methyl/N-ethyl adjacent to an activating group) is 1. The van der Waals surface area contributed by atoms with Crippen molar-refractivity contribution in [3.8, 4) is 0 Å². The molecule has 5 nitrogen and oxygen atoms in total. The second-order valence-corrected chi connectivity index (χ2v) is 3.96. The van der Waals surface area contributed by atoms with Gasteiger partial charge in [0.15, 0.2) is 0 Å². The molecule has 0 saturated carbocycles. The van der Waals surface area contributed by atoms with Crippen LogP contribution in [0.25, 0.3) is 0 Å². The zero-order chi connectivity index (χ0) is 10.7. The lowest BCUT2D eigenvalue weighted by Gasteiger charge is -2.07. The molecule has 6 heteroatoms. The third-order valence-electron chi connectivity index (χ3n) is 1.74. The molecule has 78 valence electrons. The molecule has 0 aliphatic heterocycles. The summed E-state index contributed by atoms with van der Waals surface area (Å²) in [5.74, 6) is -1.06. The average Bonchev–Trinajstić information content (AvgIpc) is 2.43. The second kappa shape index (κ2) is 4.56. The van der Waals surface area contributed by atoms with Gasteiger partial charge in [-0.25, -0.2) is 9.78 Å². The minimum Gasteiger partial charge on any atom is -0.475 e. The van der Waals surface area contributed by atoms with E-state index in [1.165, 1.54) is 0 Å². The Labute approximate surface area is 90.3 Å². The van der Waals surface area contributed by atoms with Gasteiger partial charge in [-0.2, -0.15) is 0 Å². The first-order chi connectivity index (χ1) is 6.50. The van der Waals surface area contributed by atoms with Crippen LogP contribution in [0.15, 0.2) is 4.60 Å². The van der Waals surface area contributed by atoms with Crippen LogP contribution in [0.5, 0.6) is 0 Å². The molecular weight excluding hydrogens is 250 g/mol. The lowest BCUT2D eigenvalue weighted by atomic mass is 10.3. The van der Waals surface area contributed by atoms with Gasteiger partial charge < -0.3 is 15.0 Å². The van der Waals surface area contributed by atoms with Crippen molar-refractivity contribution in [3.05, 3.63) is 16.1 Å². The van der Waals surface area contributed by atoms with Crippen molar-refractivity contribution in [2.45, 2.75) is 6.42 Å². The van der Waals surface area contributed by atoms with Crippen LogP contribution in [0.3, 0.4) is 0 Å². The minimum atomic E-state index is -1.04. The molecule has 0 aliphatic carbocycles. The van der Waals surface area contributed by atoms with E-state index < -0.39 is 5.97 Å². The highest BCUT2D eigenvalue weighted by Crippen LogP contribution is 2.14. The maximum Gasteiger partial charge on any atom is 0.371 e. The molecule has 0 bridgehead atoms. The number of hydrogen-bond acceptors (Lipinski definition) is 3. The van der Waals surface area contributed by atoms with E-state index in [0.29, 0.717) is 4.60 Å². The van der Waals surface area contributed by atoms with E-state index in [4.69, 9.17) is 5.11 Å². The van der Waals surface area contributed by atoms with Crippen molar-refractivity contribution in [3.63, 3.8) is 0 Å². The van der Waals surface area contributed by atoms with Crippen LogP contribution >= 0.6 is 15.9 Å². The van der Waals surface area contributed by atoms with E-state index in [-0.39, 0.29) is 5.82 Å². The van der Waals surface area contributed by atoms with E-state index >= 15 is 0 Å². The first-order valence-corrected chi connectivity index (χ1v) is 4.92. The van der Waals surface area contributed by atoms with Crippen molar-refractivity contribution in [1.29, 1.82) is 0 Å². The molecule has 1 rings (SSSR count). The standard InChI is InChI=1S/C8H12BrN3O2/c1-12(2)4-3-5-6(9)11-7(10-5)8(13)14/h3-4H2,1-2H3,(H,10,11)(H,13,14). The number of imidazole rings is 1. The second-order valence-electron chi connectivity index (χ2n) is 3.21. The third-order valence-corrected chi connectivity index (χ3v) is 2.40. The topological polar surface area (TPSA) is 69.2 Å². The van der Waals surface area contributed by atoms with E-state index in [1.807, 2.05) is 19.0 Å². The molecule has 1 aromatic heterocycles. The van der Waals surface area contributed by atoms with Gasteiger partial charge in [-0.1, -0.05) is 0 Å². The summed E-state index contributed by atoms with van der Waals surface area (Å²) in [6.07, 6.45) is 0.744. The average molecular weight is 262 g/mol. The first kappa shape index (κ1) is 11.2. The predicted molar refractivity (Wildman–Crippen MR) is 55.5 cm³/mol. The Morgan fingerprint density at radius 3 is 2.71 bits per heavy atom. The molecule has 0 unspecified atom stereocenters. The van der Waals surface area contributed by atoms with E-state index in [1.54, 1.807) is 0 Å². The molecule has 0 saturated heterocycles. The number of carboxylic acids is 1. The van der Waals surface area contributed by atoms with Crippen LogP contribution in [0.4, 0.5) is 0 Å². The Balaban J connectivity index is 2.72.